The molecule has 0 fully saturated rings. The van der Waals surface area contributed by atoms with Crippen LogP contribution >= 0.6 is 0 Å². The highest BCUT2D eigenvalue weighted by molar-refractivity contribution is 6.66. The summed E-state index contributed by atoms with van der Waals surface area (Å²) in [6.45, 7) is 19.5. The zero-order chi connectivity index (χ0) is 13.0. The number of hydrogen-bond donors (Lipinski definition) is 0. The van der Waals surface area contributed by atoms with Gasteiger partial charge in [-0.15, -0.1) is 0 Å². The highest BCUT2D eigenvalue weighted by atomic mass is 28.3. The van der Waals surface area contributed by atoms with E-state index in [9.17, 15) is 0 Å². The van der Waals surface area contributed by atoms with E-state index in [0.717, 1.165) is 13.2 Å². The molecule has 0 aliphatic carbocycles. The summed E-state index contributed by atoms with van der Waals surface area (Å²) in [5.74, 6) is 0.0370. The maximum atomic E-state index is 5.84. The van der Waals surface area contributed by atoms with Crippen molar-refractivity contribution in [2.24, 2.45) is 0 Å². The van der Waals surface area contributed by atoms with Crippen molar-refractivity contribution in [3.05, 3.63) is 0 Å². The molecule has 2 nitrogen and oxygen atoms in total. The molecule has 16 heavy (non-hydrogen) atoms. The molecule has 0 unspecified atom stereocenters. The number of ether oxygens (including phenoxy) is 2. The van der Waals surface area contributed by atoms with E-state index < -0.39 is 8.80 Å². The molecule has 0 amide bonds. The van der Waals surface area contributed by atoms with E-state index >= 15 is 0 Å². The third-order valence-corrected chi connectivity index (χ3v) is 7.46. The first-order valence-electron chi connectivity index (χ1n) is 6.37. The molecule has 0 spiro atoms. The van der Waals surface area contributed by atoms with Crippen LogP contribution in [0.3, 0.4) is 0 Å². The lowest BCUT2D eigenvalue weighted by Gasteiger charge is -2.43. The van der Waals surface area contributed by atoms with Crippen molar-refractivity contribution < 1.29 is 9.47 Å². The lowest BCUT2D eigenvalue weighted by Crippen LogP contribution is -2.48. The van der Waals surface area contributed by atoms with Crippen LogP contribution in [-0.4, -0.2) is 27.9 Å². The molecule has 0 heterocycles. The lowest BCUT2D eigenvalue weighted by molar-refractivity contribution is -0.0889. The Bertz CT molecular complexity index is 171. The van der Waals surface area contributed by atoms with E-state index in [0.29, 0.717) is 10.1 Å². The number of hydrogen-bond acceptors (Lipinski definition) is 2. The van der Waals surface area contributed by atoms with Crippen molar-refractivity contribution in [1.29, 1.82) is 0 Å². The van der Waals surface area contributed by atoms with Gasteiger partial charge in [0.2, 0.25) is 0 Å². The maximum absolute atomic E-state index is 5.84. The first-order chi connectivity index (χ1) is 7.14. The van der Waals surface area contributed by atoms with Crippen LogP contribution in [0.25, 0.3) is 0 Å². The molecule has 0 N–H and O–H groups in total. The monoisotopic (exact) mass is 246 g/mol. The van der Waals surface area contributed by atoms with Crippen molar-refractivity contribution in [2.75, 3.05) is 13.2 Å². The Balaban J connectivity index is 4.97. The van der Waals surface area contributed by atoms with Gasteiger partial charge < -0.3 is 9.47 Å². The minimum atomic E-state index is -1.21. The van der Waals surface area contributed by atoms with Crippen molar-refractivity contribution in [1.82, 2.24) is 0 Å². The van der Waals surface area contributed by atoms with E-state index in [1.54, 1.807) is 0 Å². The molecule has 98 valence electrons. The van der Waals surface area contributed by atoms with Gasteiger partial charge in [0.25, 0.3) is 0 Å². The summed E-state index contributed by atoms with van der Waals surface area (Å²) < 4.78 is 11.7. The van der Waals surface area contributed by atoms with Gasteiger partial charge in [0.15, 0.2) is 0 Å². The third kappa shape index (κ3) is 4.98. The second-order valence-corrected chi connectivity index (χ2v) is 11.5. The van der Waals surface area contributed by atoms with Crippen LogP contribution in [0.2, 0.25) is 10.1 Å². The fourth-order valence-electron chi connectivity index (χ4n) is 2.68. The molecule has 3 heteroatoms. The molecular formula is C13H30O2Si. The molecule has 0 bridgehead atoms. The van der Waals surface area contributed by atoms with E-state index in [1.165, 1.54) is 0 Å². The SMILES string of the molecule is CCOC(OCC)[SiH](C(C)(C)C)C(C)(C)C. The van der Waals surface area contributed by atoms with Gasteiger partial charge in [-0.2, -0.15) is 0 Å². The highest BCUT2D eigenvalue weighted by Crippen LogP contribution is 2.44. The average molecular weight is 246 g/mol. The van der Waals surface area contributed by atoms with Gasteiger partial charge in [-0.3, -0.25) is 0 Å². The van der Waals surface area contributed by atoms with Gasteiger partial charge in [-0.25, -0.2) is 0 Å². The Morgan fingerprint density at radius 2 is 1.12 bits per heavy atom. The molecule has 0 rings (SSSR count). The van der Waals surface area contributed by atoms with Crippen LogP contribution in [0.5, 0.6) is 0 Å². The Morgan fingerprint density at radius 1 is 0.812 bits per heavy atom. The predicted molar refractivity (Wildman–Crippen MR) is 73.6 cm³/mol. The third-order valence-electron chi connectivity index (χ3n) is 2.80. The van der Waals surface area contributed by atoms with Crippen LogP contribution in [0.4, 0.5) is 0 Å². The molecule has 0 aromatic rings. The second-order valence-electron chi connectivity index (χ2n) is 6.49. The molecule has 0 aliphatic rings. The Morgan fingerprint density at radius 3 is 1.31 bits per heavy atom. The van der Waals surface area contributed by atoms with Gasteiger partial charge in [0.1, 0.15) is 14.7 Å². The van der Waals surface area contributed by atoms with Crippen LogP contribution < -0.4 is 0 Å². The molecule has 0 aliphatic heterocycles. The van der Waals surface area contributed by atoms with Crippen molar-refractivity contribution in [3.63, 3.8) is 0 Å². The molecule has 0 radical (unpaired) electrons. The van der Waals surface area contributed by atoms with Crippen LogP contribution in [0.1, 0.15) is 55.4 Å². The fraction of sp³-hybridized carbons (Fsp3) is 1.00. The Hall–Kier alpha value is 0.137. The van der Waals surface area contributed by atoms with Gasteiger partial charge in [-0.1, -0.05) is 41.5 Å². The van der Waals surface area contributed by atoms with Crippen LogP contribution in [0.15, 0.2) is 0 Å². The summed E-state index contributed by atoms with van der Waals surface area (Å²) in [5.41, 5.74) is 0. The lowest BCUT2D eigenvalue weighted by atomic mass is 10.2. The molecule has 0 saturated carbocycles. The summed E-state index contributed by atoms with van der Waals surface area (Å²) in [7, 11) is -1.21. The maximum Gasteiger partial charge on any atom is 0.139 e. The summed E-state index contributed by atoms with van der Waals surface area (Å²) >= 11 is 0. The quantitative estimate of drug-likeness (QED) is 0.543. The summed E-state index contributed by atoms with van der Waals surface area (Å²) in [4.78, 5) is 0. The normalized spacial score (nSPS) is 13.9. The largest absolute Gasteiger partial charge is 0.357 e. The van der Waals surface area contributed by atoms with E-state index in [2.05, 4.69) is 41.5 Å². The minimum Gasteiger partial charge on any atom is -0.357 e. The van der Waals surface area contributed by atoms with Crippen molar-refractivity contribution >= 4 is 8.80 Å². The zero-order valence-electron chi connectivity index (χ0n) is 12.4. The fourth-order valence-corrected chi connectivity index (χ4v) is 7.69. The molecular weight excluding hydrogens is 216 g/mol. The smallest absolute Gasteiger partial charge is 0.139 e. The first kappa shape index (κ1) is 16.1. The zero-order valence-corrected chi connectivity index (χ0v) is 13.5. The second kappa shape index (κ2) is 6.17. The van der Waals surface area contributed by atoms with E-state index in [-0.39, 0.29) is 5.91 Å². The van der Waals surface area contributed by atoms with Crippen molar-refractivity contribution in [3.8, 4) is 0 Å². The van der Waals surface area contributed by atoms with E-state index in [1.807, 2.05) is 13.8 Å². The minimum absolute atomic E-state index is 0.0370. The number of rotatable bonds is 5. The standard InChI is InChI=1S/C13H30O2Si/c1-9-14-11(15-10-2)16(12(3,4)5)13(6,7)8/h11,16H,9-10H2,1-8H3. The van der Waals surface area contributed by atoms with Gasteiger partial charge in [0.05, 0.1) is 0 Å². The topological polar surface area (TPSA) is 18.5 Å². The molecule has 0 atom stereocenters. The molecule has 0 aromatic heterocycles. The molecule has 0 aromatic carbocycles. The Kier molecular flexibility index (Phi) is 6.23. The van der Waals surface area contributed by atoms with Gasteiger partial charge >= 0.3 is 0 Å². The summed E-state index contributed by atoms with van der Waals surface area (Å²) in [5, 5.41) is 0.626. The summed E-state index contributed by atoms with van der Waals surface area (Å²) in [6.07, 6.45) is 0. The van der Waals surface area contributed by atoms with Crippen LogP contribution in [0, 0.1) is 0 Å². The Labute approximate surface area is 103 Å². The van der Waals surface area contributed by atoms with Crippen LogP contribution in [-0.2, 0) is 9.47 Å². The first-order valence-corrected chi connectivity index (χ1v) is 8.20. The average Bonchev–Trinajstić information content (AvgIpc) is 1.99. The van der Waals surface area contributed by atoms with Gasteiger partial charge in [-0.05, 0) is 23.9 Å². The highest BCUT2D eigenvalue weighted by Gasteiger charge is 2.43. The summed E-state index contributed by atoms with van der Waals surface area (Å²) in [6, 6.07) is 0. The van der Waals surface area contributed by atoms with Gasteiger partial charge in [0, 0.05) is 13.2 Å². The predicted octanol–water partition coefficient (Wildman–Crippen LogP) is 3.75. The molecule has 0 saturated heterocycles. The van der Waals surface area contributed by atoms with Crippen molar-refractivity contribution in [2.45, 2.75) is 71.4 Å². The van der Waals surface area contributed by atoms with E-state index in [4.69, 9.17) is 9.47 Å².